The van der Waals surface area contributed by atoms with Crippen molar-refractivity contribution in [2.45, 2.75) is 309 Å². The van der Waals surface area contributed by atoms with E-state index in [1.54, 1.807) is 61.9 Å². The maximum atomic E-state index is 7.04. The molecule has 2 heteroatoms. The average Bonchev–Trinajstić information content (AvgIpc) is 1.47. The first kappa shape index (κ1) is 59.2. The number of fused-ring (bicyclic) bond motifs is 9. The van der Waals surface area contributed by atoms with Gasteiger partial charge in [0.2, 0.25) is 0 Å². The standard InChI is InChI=1S/C82H114O2/c1-9-16-18-26-38-78-48-50-79(51-49-78,39-27-19-17-10-2)82(78)72-56-64-62-32-30-60(8)54-68(62)80(74(34-11-3)40-42-75(80,35-12-4)43-41-74)70(64)58-66(72)67-59-71-65(57-73(67)82)63-33-31-61(84-53-29-25-23-21-20-22-24-28-52-83-15-7)55-69(63)81(71)76(36-13-5)44-46-77(81,37-14-6)47-45-76/h15,30-33,54-59H,7,9-14,16-29,34-53H2,1-6,8H3. The Morgan fingerprint density at radius 1 is 0.333 bits per heavy atom. The molecule has 6 saturated carbocycles. The fourth-order valence-corrected chi connectivity index (χ4v) is 25.1. The van der Waals surface area contributed by atoms with Crippen LogP contribution in [0.2, 0.25) is 0 Å². The van der Waals surface area contributed by atoms with Gasteiger partial charge in [0.1, 0.15) is 5.75 Å². The SMILES string of the molecule is C=COCCCCCCCCCCOc1ccc2c(c1)C1(c3cc4c(cc3-2)C2(c3cc5c(cc3-4)C3(c4cc(C)ccc4-5)C4(CCC)CCC3(CCC)CC4)C3(CCCCCC)CCC2(CCCCCC)CC3)C2(CCC)CCC1(CCC)CC2. The van der Waals surface area contributed by atoms with Gasteiger partial charge in [-0.25, -0.2) is 0 Å². The molecular weight excluding hydrogens is 1020 g/mol. The topological polar surface area (TPSA) is 18.5 Å². The van der Waals surface area contributed by atoms with Crippen molar-refractivity contribution in [2.24, 2.45) is 32.5 Å². The van der Waals surface area contributed by atoms with Crippen molar-refractivity contribution < 1.29 is 9.47 Å². The highest BCUT2D eigenvalue weighted by Gasteiger charge is 2.78. The lowest BCUT2D eigenvalue weighted by molar-refractivity contribution is 0.146. The molecule has 0 unspecified atom stereocenters. The average molecular weight is 1130 g/mol. The number of hydrogen-bond donors (Lipinski definition) is 0. The molecule has 0 atom stereocenters. The molecule has 2 nitrogen and oxygen atoms in total. The van der Waals surface area contributed by atoms with Crippen molar-refractivity contribution in [2.75, 3.05) is 13.2 Å². The molecule has 0 N–H and O–H groups in total. The molecule has 9 aliphatic rings. The Morgan fingerprint density at radius 3 is 1.04 bits per heavy atom. The van der Waals surface area contributed by atoms with Crippen molar-refractivity contribution in [1.82, 2.24) is 0 Å². The maximum Gasteiger partial charge on any atom is 0.119 e. The number of benzene rings is 4. The van der Waals surface area contributed by atoms with Gasteiger partial charge in [-0.05, 0) is 271 Å². The van der Waals surface area contributed by atoms with E-state index < -0.39 is 0 Å². The highest BCUT2D eigenvalue weighted by molar-refractivity contribution is 5.96. The van der Waals surface area contributed by atoms with E-state index in [1.807, 2.05) is 11.1 Å². The van der Waals surface area contributed by atoms with E-state index in [2.05, 4.69) is 116 Å². The normalized spacial score (nSPS) is 32.5. The summed E-state index contributed by atoms with van der Waals surface area (Å²) in [4.78, 5) is 0. The van der Waals surface area contributed by atoms with Gasteiger partial charge in [-0.15, -0.1) is 0 Å². The van der Waals surface area contributed by atoms with Crippen LogP contribution in [-0.2, 0) is 21.0 Å². The van der Waals surface area contributed by atoms with Crippen LogP contribution in [0.4, 0.5) is 0 Å². The van der Waals surface area contributed by atoms with Crippen molar-refractivity contribution in [1.29, 1.82) is 0 Å². The summed E-state index contributed by atoms with van der Waals surface area (Å²) in [6.07, 6.45) is 52.5. The second kappa shape index (κ2) is 23.0. The first-order chi connectivity index (χ1) is 41.1. The Bertz CT molecular complexity index is 2950. The van der Waals surface area contributed by atoms with Gasteiger partial charge in [0.05, 0.1) is 19.5 Å². The molecular formula is C82H114O2. The minimum atomic E-state index is -0.00417. The molecule has 0 radical (unpaired) electrons. The van der Waals surface area contributed by atoms with E-state index in [-0.39, 0.29) is 37.9 Å². The third-order valence-corrected chi connectivity index (χ3v) is 27.5. The molecule has 84 heavy (non-hydrogen) atoms. The highest BCUT2D eigenvalue weighted by Crippen LogP contribution is 2.86. The predicted octanol–water partition coefficient (Wildman–Crippen LogP) is 24.3. The largest absolute Gasteiger partial charge is 0.502 e. The number of aryl methyl sites for hydroxylation is 1. The Labute approximate surface area is 512 Å². The van der Waals surface area contributed by atoms with Crippen LogP contribution in [0.1, 0.15) is 324 Å². The lowest BCUT2D eigenvalue weighted by Crippen LogP contribution is -2.46. The van der Waals surface area contributed by atoms with E-state index >= 15 is 0 Å². The van der Waals surface area contributed by atoms with Gasteiger partial charge in [-0.3, -0.25) is 0 Å². The van der Waals surface area contributed by atoms with Gasteiger partial charge in [0.15, 0.2) is 0 Å². The molecule has 0 aromatic heterocycles. The maximum absolute atomic E-state index is 7.04. The zero-order chi connectivity index (χ0) is 58.1. The van der Waals surface area contributed by atoms with Crippen LogP contribution in [0.3, 0.4) is 0 Å². The second-order valence-electron chi connectivity index (χ2n) is 30.9. The van der Waals surface area contributed by atoms with E-state index in [0.717, 1.165) is 31.8 Å². The van der Waals surface area contributed by atoms with Gasteiger partial charge < -0.3 is 9.47 Å². The van der Waals surface area contributed by atoms with E-state index in [4.69, 9.17) is 9.47 Å². The van der Waals surface area contributed by atoms with Crippen LogP contribution in [0, 0.1) is 39.4 Å². The van der Waals surface area contributed by atoms with Crippen LogP contribution in [0.25, 0.3) is 33.4 Å². The Kier molecular flexibility index (Phi) is 16.2. The molecule has 0 saturated heterocycles. The molecule has 6 bridgehead atoms. The molecule has 454 valence electrons. The smallest absolute Gasteiger partial charge is 0.119 e. The van der Waals surface area contributed by atoms with Crippen LogP contribution in [-0.4, -0.2) is 13.2 Å². The van der Waals surface area contributed by atoms with E-state index in [9.17, 15) is 0 Å². The van der Waals surface area contributed by atoms with Crippen molar-refractivity contribution in [3.05, 3.63) is 112 Å². The molecule has 13 rings (SSSR count). The fraction of sp³-hybridized carbons (Fsp3) is 0.683. The Morgan fingerprint density at radius 2 is 0.655 bits per heavy atom. The first-order valence-electron chi connectivity index (χ1n) is 36.6. The summed E-state index contributed by atoms with van der Waals surface area (Å²) in [6.45, 7) is 22.7. The monoisotopic (exact) mass is 1130 g/mol. The van der Waals surface area contributed by atoms with Crippen LogP contribution in [0.15, 0.2) is 73.5 Å². The second-order valence-corrected chi connectivity index (χ2v) is 30.9. The molecule has 4 aromatic rings. The summed E-state index contributed by atoms with van der Waals surface area (Å²) in [7, 11) is 0. The van der Waals surface area contributed by atoms with Crippen LogP contribution < -0.4 is 4.74 Å². The lowest BCUT2D eigenvalue weighted by Gasteiger charge is -2.49. The minimum absolute atomic E-state index is 0.00417. The Balaban J connectivity index is 1.02. The summed E-state index contributed by atoms with van der Waals surface area (Å²) in [5, 5.41) is 0. The molecule has 9 aliphatic carbocycles. The number of hydrogen-bond acceptors (Lipinski definition) is 2. The minimum Gasteiger partial charge on any atom is -0.502 e. The van der Waals surface area contributed by atoms with Crippen LogP contribution >= 0.6 is 0 Å². The molecule has 0 aliphatic heterocycles. The van der Waals surface area contributed by atoms with Crippen molar-refractivity contribution >= 4 is 0 Å². The van der Waals surface area contributed by atoms with E-state index in [0.29, 0.717) is 10.8 Å². The number of ether oxygens (including phenoxy) is 2. The zero-order valence-electron chi connectivity index (χ0n) is 54.7. The van der Waals surface area contributed by atoms with Gasteiger partial charge in [-0.1, -0.05) is 194 Å². The van der Waals surface area contributed by atoms with Gasteiger partial charge >= 0.3 is 0 Å². The molecule has 6 fully saturated rings. The van der Waals surface area contributed by atoms with Crippen LogP contribution in [0.5, 0.6) is 5.75 Å². The third kappa shape index (κ3) is 7.95. The predicted molar refractivity (Wildman–Crippen MR) is 356 cm³/mol. The summed E-state index contributed by atoms with van der Waals surface area (Å²) >= 11 is 0. The van der Waals surface area contributed by atoms with Crippen molar-refractivity contribution in [3.63, 3.8) is 0 Å². The molecule has 4 aromatic carbocycles. The zero-order valence-corrected chi connectivity index (χ0v) is 54.7. The number of unbranched alkanes of at least 4 members (excludes halogenated alkanes) is 13. The van der Waals surface area contributed by atoms with Gasteiger partial charge in [0, 0.05) is 16.2 Å². The van der Waals surface area contributed by atoms with Crippen molar-refractivity contribution in [3.8, 4) is 39.1 Å². The molecule has 0 heterocycles. The van der Waals surface area contributed by atoms with Gasteiger partial charge in [-0.2, -0.15) is 0 Å². The van der Waals surface area contributed by atoms with Gasteiger partial charge in [0.25, 0.3) is 0 Å². The first-order valence-corrected chi connectivity index (χ1v) is 36.6. The summed E-state index contributed by atoms with van der Waals surface area (Å²) < 4.78 is 12.4. The number of rotatable bonds is 31. The summed E-state index contributed by atoms with van der Waals surface area (Å²) in [5.74, 6) is 1.14. The fourth-order valence-electron chi connectivity index (χ4n) is 25.1. The quantitative estimate of drug-likeness (QED) is 0.0369. The lowest BCUT2D eigenvalue weighted by atomic mass is 9.53. The third-order valence-electron chi connectivity index (χ3n) is 27.5. The summed E-state index contributed by atoms with van der Waals surface area (Å²) in [5.41, 5.74) is 23.9. The highest BCUT2D eigenvalue weighted by atomic mass is 16.5. The molecule has 3 spiro atoms. The Hall–Kier alpha value is -3.78. The summed E-state index contributed by atoms with van der Waals surface area (Å²) in [6, 6.07) is 28.0. The molecule has 0 amide bonds. The van der Waals surface area contributed by atoms with E-state index in [1.165, 1.54) is 237 Å².